The zero-order chi connectivity index (χ0) is 30.1. The smallest absolute Gasteiger partial charge is 0.331 e. The SMILES string of the molecule is CCOc1cc2c(N3CCC(n4c(=O)c5cc(C)ccc5n(C)c4=O)CC3)nc(N3CCOCC3)nc2cc1OCCO. The molecule has 4 heterocycles. The molecule has 1 N–H and O–H groups in total. The van der Waals surface area contributed by atoms with E-state index in [0.717, 1.165) is 16.8 Å². The van der Waals surface area contributed by atoms with Crippen molar-refractivity contribution in [2.75, 3.05) is 69.0 Å². The molecule has 0 bridgehead atoms. The van der Waals surface area contributed by atoms with Gasteiger partial charge in [0, 0.05) is 50.7 Å². The van der Waals surface area contributed by atoms with Crippen molar-refractivity contribution < 1.29 is 19.3 Å². The minimum absolute atomic E-state index is 0.115. The fraction of sp³-hybridized carbons (Fsp3) is 0.484. The topological polar surface area (TPSA) is 124 Å². The van der Waals surface area contributed by atoms with Crippen molar-refractivity contribution in [2.45, 2.75) is 32.7 Å². The molecule has 2 fully saturated rings. The van der Waals surface area contributed by atoms with E-state index in [9.17, 15) is 14.7 Å². The zero-order valence-electron chi connectivity index (χ0n) is 24.9. The lowest BCUT2D eigenvalue weighted by Gasteiger charge is -2.35. The molecule has 228 valence electrons. The van der Waals surface area contributed by atoms with E-state index in [2.05, 4.69) is 9.80 Å². The molecule has 2 aliphatic heterocycles. The molecule has 0 radical (unpaired) electrons. The molecule has 4 aromatic rings. The summed E-state index contributed by atoms with van der Waals surface area (Å²) in [6.45, 7) is 8.11. The van der Waals surface area contributed by atoms with Gasteiger partial charge in [-0.1, -0.05) is 11.6 Å². The number of rotatable bonds is 8. The monoisotopic (exact) mass is 590 g/mol. The van der Waals surface area contributed by atoms with E-state index in [0.29, 0.717) is 92.7 Å². The van der Waals surface area contributed by atoms with Crippen LogP contribution in [0.25, 0.3) is 21.8 Å². The molecule has 0 aliphatic carbocycles. The van der Waals surface area contributed by atoms with Gasteiger partial charge >= 0.3 is 5.69 Å². The summed E-state index contributed by atoms with van der Waals surface area (Å²) in [4.78, 5) is 41.2. The minimum Gasteiger partial charge on any atom is -0.490 e. The van der Waals surface area contributed by atoms with Crippen molar-refractivity contribution in [1.29, 1.82) is 0 Å². The second-order valence-corrected chi connectivity index (χ2v) is 11.0. The van der Waals surface area contributed by atoms with Gasteiger partial charge in [-0.05, 0) is 44.9 Å². The summed E-state index contributed by atoms with van der Waals surface area (Å²) in [5.41, 5.74) is 1.80. The van der Waals surface area contributed by atoms with E-state index in [1.807, 2.05) is 44.2 Å². The molecule has 43 heavy (non-hydrogen) atoms. The minimum atomic E-state index is -0.293. The van der Waals surface area contributed by atoms with Crippen molar-refractivity contribution in [2.24, 2.45) is 7.05 Å². The van der Waals surface area contributed by atoms with Crippen LogP contribution in [0.5, 0.6) is 11.5 Å². The summed E-state index contributed by atoms with van der Waals surface area (Å²) in [7, 11) is 1.72. The molecular formula is C31H38N6O6. The predicted octanol–water partition coefficient (Wildman–Crippen LogP) is 2.40. The fourth-order valence-electron chi connectivity index (χ4n) is 6.04. The van der Waals surface area contributed by atoms with Crippen molar-refractivity contribution in [3.8, 4) is 11.5 Å². The van der Waals surface area contributed by atoms with Crippen LogP contribution in [-0.4, -0.2) is 83.4 Å². The molecule has 0 amide bonds. The number of aliphatic hydroxyl groups is 1. The lowest BCUT2D eigenvalue weighted by atomic mass is 10.0. The molecule has 2 aromatic carbocycles. The van der Waals surface area contributed by atoms with E-state index in [-0.39, 0.29) is 30.5 Å². The highest BCUT2D eigenvalue weighted by atomic mass is 16.5. The Bertz CT molecular complexity index is 1750. The maximum absolute atomic E-state index is 13.6. The summed E-state index contributed by atoms with van der Waals surface area (Å²) >= 11 is 0. The fourth-order valence-corrected chi connectivity index (χ4v) is 6.04. The lowest BCUT2D eigenvalue weighted by molar-refractivity contribution is 0.122. The molecule has 0 unspecified atom stereocenters. The largest absolute Gasteiger partial charge is 0.490 e. The molecule has 2 aliphatic rings. The van der Waals surface area contributed by atoms with Crippen LogP contribution in [0.15, 0.2) is 39.9 Å². The van der Waals surface area contributed by atoms with Gasteiger partial charge in [0.15, 0.2) is 11.5 Å². The van der Waals surface area contributed by atoms with E-state index < -0.39 is 0 Å². The molecule has 12 nitrogen and oxygen atoms in total. The van der Waals surface area contributed by atoms with Crippen molar-refractivity contribution >= 4 is 33.6 Å². The molecule has 2 saturated heterocycles. The Labute approximate surface area is 249 Å². The first-order chi connectivity index (χ1) is 20.9. The van der Waals surface area contributed by atoms with Gasteiger partial charge in [0.2, 0.25) is 5.95 Å². The highest BCUT2D eigenvalue weighted by Crippen LogP contribution is 2.38. The number of aliphatic hydroxyl groups excluding tert-OH is 1. The number of aryl methyl sites for hydroxylation is 2. The first kappa shape index (κ1) is 28.9. The van der Waals surface area contributed by atoms with Crippen LogP contribution in [0, 0.1) is 6.92 Å². The Morgan fingerprint density at radius 1 is 0.953 bits per heavy atom. The number of piperidine rings is 1. The second-order valence-electron chi connectivity index (χ2n) is 11.0. The predicted molar refractivity (Wildman–Crippen MR) is 165 cm³/mol. The number of aromatic nitrogens is 4. The Balaban J connectivity index is 1.37. The third-order valence-corrected chi connectivity index (χ3v) is 8.26. The Kier molecular flexibility index (Phi) is 8.22. The van der Waals surface area contributed by atoms with Gasteiger partial charge in [0.25, 0.3) is 5.56 Å². The third kappa shape index (κ3) is 5.52. The normalized spacial score (nSPS) is 16.3. The highest BCUT2D eigenvalue weighted by Gasteiger charge is 2.28. The van der Waals surface area contributed by atoms with Gasteiger partial charge in [-0.2, -0.15) is 4.98 Å². The number of benzene rings is 2. The number of fused-ring (bicyclic) bond motifs is 2. The standard InChI is InChI=1S/C31H38N6O6/c1-4-42-26-18-22-24(19-27(26)43-16-13-38)32-30(36-11-14-41-15-12-36)33-28(22)35-9-7-21(8-10-35)37-29(39)23-17-20(2)5-6-25(23)34(3)31(37)40/h5-6,17-19,21,38H,4,7-16H2,1-3H3. The van der Waals surface area contributed by atoms with Gasteiger partial charge in [0.05, 0.1) is 42.8 Å². The summed E-state index contributed by atoms with van der Waals surface area (Å²) in [6.07, 6.45) is 1.22. The maximum atomic E-state index is 13.6. The van der Waals surface area contributed by atoms with Crippen molar-refractivity contribution in [3.63, 3.8) is 0 Å². The summed E-state index contributed by atoms with van der Waals surface area (Å²) in [6, 6.07) is 9.14. The molecular weight excluding hydrogens is 552 g/mol. The molecule has 0 atom stereocenters. The van der Waals surface area contributed by atoms with E-state index in [1.165, 1.54) is 4.57 Å². The van der Waals surface area contributed by atoms with Crippen LogP contribution in [0.2, 0.25) is 0 Å². The van der Waals surface area contributed by atoms with Crippen molar-refractivity contribution in [1.82, 2.24) is 19.1 Å². The maximum Gasteiger partial charge on any atom is 0.331 e. The van der Waals surface area contributed by atoms with E-state index in [1.54, 1.807) is 11.6 Å². The first-order valence-corrected chi connectivity index (χ1v) is 14.9. The van der Waals surface area contributed by atoms with Crippen LogP contribution >= 0.6 is 0 Å². The zero-order valence-corrected chi connectivity index (χ0v) is 24.9. The number of ether oxygens (including phenoxy) is 3. The summed E-state index contributed by atoms with van der Waals surface area (Å²) in [5.74, 6) is 2.46. The molecule has 2 aromatic heterocycles. The summed E-state index contributed by atoms with van der Waals surface area (Å²) in [5, 5.41) is 10.7. The van der Waals surface area contributed by atoms with E-state index >= 15 is 0 Å². The van der Waals surface area contributed by atoms with Gasteiger partial charge < -0.3 is 29.1 Å². The highest BCUT2D eigenvalue weighted by molar-refractivity contribution is 5.93. The van der Waals surface area contributed by atoms with Gasteiger partial charge in [-0.15, -0.1) is 0 Å². The molecule has 6 rings (SSSR count). The Hall–Kier alpha value is -4.16. The third-order valence-electron chi connectivity index (χ3n) is 8.26. The number of hydrogen-bond donors (Lipinski definition) is 1. The number of hydrogen-bond acceptors (Lipinski definition) is 10. The number of morpholine rings is 1. The Morgan fingerprint density at radius 2 is 1.70 bits per heavy atom. The Morgan fingerprint density at radius 3 is 2.42 bits per heavy atom. The van der Waals surface area contributed by atoms with E-state index in [4.69, 9.17) is 24.2 Å². The summed E-state index contributed by atoms with van der Waals surface area (Å²) < 4.78 is 20.3. The van der Waals surface area contributed by atoms with Crippen LogP contribution in [-0.2, 0) is 11.8 Å². The van der Waals surface area contributed by atoms with Crippen molar-refractivity contribution in [3.05, 3.63) is 56.7 Å². The first-order valence-electron chi connectivity index (χ1n) is 14.9. The van der Waals surface area contributed by atoms with Gasteiger partial charge in [0.1, 0.15) is 12.4 Å². The average molecular weight is 591 g/mol. The lowest BCUT2D eigenvalue weighted by Crippen LogP contribution is -2.45. The van der Waals surface area contributed by atoms with Gasteiger partial charge in [-0.3, -0.25) is 13.9 Å². The van der Waals surface area contributed by atoms with Crippen LogP contribution < -0.4 is 30.5 Å². The molecule has 0 saturated carbocycles. The molecule has 12 heteroatoms. The van der Waals surface area contributed by atoms with Crippen LogP contribution in [0.1, 0.15) is 31.4 Å². The van der Waals surface area contributed by atoms with Crippen LogP contribution in [0.3, 0.4) is 0 Å². The molecule has 0 spiro atoms. The quantitative estimate of drug-likeness (QED) is 0.327. The second kappa shape index (κ2) is 12.2. The average Bonchev–Trinajstić information content (AvgIpc) is 3.03. The number of anilines is 2. The van der Waals surface area contributed by atoms with Crippen LogP contribution in [0.4, 0.5) is 11.8 Å². The number of nitrogens with zero attached hydrogens (tertiary/aromatic N) is 6. The van der Waals surface area contributed by atoms with Gasteiger partial charge in [-0.25, -0.2) is 9.78 Å².